The van der Waals surface area contributed by atoms with Crippen LogP contribution in [0.2, 0.25) is 5.02 Å². The Morgan fingerprint density at radius 3 is 2.86 bits per heavy atom. The minimum atomic E-state index is -0.560. The molecule has 1 aromatic heterocycles. The second kappa shape index (κ2) is 7.81. The van der Waals surface area contributed by atoms with Gasteiger partial charge in [-0.1, -0.05) is 59.8 Å². The van der Waals surface area contributed by atoms with Crippen molar-refractivity contribution in [3.8, 4) is 0 Å². The van der Waals surface area contributed by atoms with Gasteiger partial charge >= 0.3 is 5.97 Å². The summed E-state index contributed by atoms with van der Waals surface area (Å²) in [5, 5.41) is 0.663. The maximum absolute atomic E-state index is 11.9. The maximum atomic E-state index is 11.9. The normalized spacial score (nSPS) is 10.8. The fraction of sp³-hybridized carbons (Fsp3) is 0.133. The Balaban J connectivity index is 1.94. The lowest BCUT2D eigenvalue weighted by molar-refractivity contribution is 0.0542. The number of thioether (sulfide) groups is 1. The summed E-state index contributed by atoms with van der Waals surface area (Å²) in [5.74, 6) is -0.560. The van der Waals surface area contributed by atoms with Gasteiger partial charge < -0.3 is 4.74 Å². The smallest absolute Gasteiger partial charge is 0.358 e. The van der Waals surface area contributed by atoms with E-state index in [2.05, 4.69) is 9.97 Å². The number of rotatable bonds is 5. The summed E-state index contributed by atoms with van der Waals surface area (Å²) >= 11 is 7.24. The van der Waals surface area contributed by atoms with Crippen molar-refractivity contribution < 1.29 is 9.53 Å². The molecule has 0 atom stereocenters. The Bertz CT molecular complexity index is 647. The van der Waals surface area contributed by atoms with E-state index in [-0.39, 0.29) is 17.3 Å². The number of hydrogen-bond donors (Lipinski definition) is 0. The van der Waals surface area contributed by atoms with Gasteiger partial charge in [0.05, 0.1) is 11.2 Å². The number of carbonyl (C=O) groups excluding carboxylic acids is 1. The quantitative estimate of drug-likeness (QED) is 0.477. The molecule has 0 N–H and O–H groups in total. The van der Waals surface area contributed by atoms with Crippen LogP contribution in [0.15, 0.2) is 47.8 Å². The van der Waals surface area contributed by atoms with E-state index in [4.69, 9.17) is 16.3 Å². The number of nitrogens with zero attached hydrogens (tertiary/aromatic N) is 2. The molecular formula is C15H13ClN2O2S. The van der Waals surface area contributed by atoms with Gasteiger partial charge in [0.2, 0.25) is 0 Å². The monoisotopic (exact) mass is 320 g/mol. The molecule has 2 aromatic rings. The van der Waals surface area contributed by atoms with E-state index >= 15 is 0 Å². The minimum absolute atomic E-state index is 0.0872. The maximum Gasteiger partial charge on any atom is 0.358 e. The number of halogens is 1. The predicted molar refractivity (Wildman–Crippen MR) is 84.6 cm³/mol. The molecule has 4 nitrogen and oxygen atoms in total. The van der Waals surface area contributed by atoms with E-state index in [0.717, 1.165) is 5.56 Å². The van der Waals surface area contributed by atoms with E-state index in [0.29, 0.717) is 5.16 Å². The molecule has 1 aromatic carbocycles. The Kier molecular flexibility index (Phi) is 5.78. The van der Waals surface area contributed by atoms with Crippen LogP contribution < -0.4 is 0 Å². The highest BCUT2D eigenvalue weighted by Gasteiger charge is 2.14. The predicted octanol–water partition coefficient (Wildman–Crippen LogP) is 3.72. The molecule has 21 heavy (non-hydrogen) atoms. The zero-order valence-corrected chi connectivity index (χ0v) is 12.9. The number of hydrogen-bond acceptors (Lipinski definition) is 5. The molecule has 0 saturated heterocycles. The molecule has 0 aliphatic rings. The van der Waals surface area contributed by atoms with Crippen molar-refractivity contribution in [2.24, 2.45) is 0 Å². The third kappa shape index (κ3) is 4.58. The van der Waals surface area contributed by atoms with E-state index in [1.54, 1.807) is 6.08 Å². The second-order valence-corrected chi connectivity index (χ2v) is 5.15. The van der Waals surface area contributed by atoms with Crippen molar-refractivity contribution >= 4 is 35.4 Å². The van der Waals surface area contributed by atoms with E-state index in [1.807, 2.05) is 42.7 Å². The molecule has 2 rings (SSSR count). The first-order chi connectivity index (χ1) is 10.2. The topological polar surface area (TPSA) is 52.1 Å². The average molecular weight is 321 g/mol. The molecule has 1 heterocycles. The number of carbonyl (C=O) groups is 1. The zero-order valence-electron chi connectivity index (χ0n) is 11.3. The summed E-state index contributed by atoms with van der Waals surface area (Å²) in [5.41, 5.74) is 1.13. The largest absolute Gasteiger partial charge is 0.457 e. The van der Waals surface area contributed by atoms with Gasteiger partial charge in [-0.3, -0.25) is 0 Å². The molecule has 0 bridgehead atoms. The zero-order chi connectivity index (χ0) is 15.1. The summed E-state index contributed by atoms with van der Waals surface area (Å²) in [6.45, 7) is 0.155. The van der Waals surface area contributed by atoms with Crippen molar-refractivity contribution in [2.75, 3.05) is 12.9 Å². The van der Waals surface area contributed by atoms with Crippen molar-refractivity contribution in [1.82, 2.24) is 9.97 Å². The molecule has 108 valence electrons. The first-order valence-electron chi connectivity index (χ1n) is 6.16. The second-order valence-electron chi connectivity index (χ2n) is 3.96. The van der Waals surface area contributed by atoms with Gasteiger partial charge in [0.1, 0.15) is 6.61 Å². The SMILES string of the molecule is CSc1ncc(Cl)c(C(=O)OC/C=C/c2ccccc2)n1. The molecule has 0 unspecified atom stereocenters. The van der Waals surface area contributed by atoms with Crippen LogP contribution >= 0.6 is 23.4 Å². The fourth-order valence-electron chi connectivity index (χ4n) is 1.53. The van der Waals surface area contributed by atoms with E-state index in [1.165, 1.54) is 18.0 Å². The number of aromatic nitrogens is 2. The van der Waals surface area contributed by atoms with E-state index < -0.39 is 5.97 Å². The molecular weight excluding hydrogens is 308 g/mol. The summed E-state index contributed by atoms with van der Waals surface area (Å²) in [7, 11) is 0. The van der Waals surface area contributed by atoms with Crippen molar-refractivity contribution in [3.63, 3.8) is 0 Å². The summed E-state index contributed by atoms with van der Waals surface area (Å²) in [4.78, 5) is 19.9. The van der Waals surface area contributed by atoms with Crippen LogP contribution in [0.25, 0.3) is 6.08 Å². The third-order valence-electron chi connectivity index (χ3n) is 2.52. The van der Waals surface area contributed by atoms with Crippen molar-refractivity contribution in [2.45, 2.75) is 5.16 Å². The summed E-state index contributed by atoms with van der Waals surface area (Å²) in [6, 6.07) is 9.75. The van der Waals surface area contributed by atoms with Crippen LogP contribution in [0.5, 0.6) is 0 Å². The van der Waals surface area contributed by atoms with Gasteiger partial charge in [0.15, 0.2) is 10.9 Å². The fourth-order valence-corrected chi connectivity index (χ4v) is 2.04. The van der Waals surface area contributed by atoms with Crippen molar-refractivity contribution in [1.29, 1.82) is 0 Å². The van der Waals surface area contributed by atoms with E-state index in [9.17, 15) is 4.79 Å². The summed E-state index contributed by atoms with van der Waals surface area (Å²) < 4.78 is 5.12. The molecule has 0 radical (unpaired) electrons. The van der Waals surface area contributed by atoms with Gasteiger partial charge in [0, 0.05) is 0 Å². The highest BCUT2D eigenvalue weighted by molar-refractivity contribution is 7.98. The highest BCUT2D eigenvalue weighted by atomic mass is 35.5. The third-order valence-corrected chi connectivity index (χ3v) is 3.36. The molecule has 0 amide bonds. The summed E-state index contributed by atoms with van der Waals surface area (Å²) in [6.07, 6.45) is 6.86. The molecule has 0 aliphatic heterocycles. The van der Waals surface area contributed by atoms with Crippen LogP contribution in [0.1, 0.15) is 16.1 Å². The lowest BCUT2D eigenvalue weighted by Crippen LogP contribution is -2.09. The van der Waals surface area contributed by atoms with Crippen LogP contribution in [0.4, 0.5) is 0 Å². The van der Waals surface area contributed by atoms with Crippen LogP contribution in [-0.2, 0) is 4.74 Å². The standard InChI is InChI=1S/C15H13ClN2O2S/c1-21-15-17-10-12(16)13(18-15)14(19)20-9-5-8-11-6-3-2-4-7-11/h2-8,10H,9H2,1H3/b8-5+. The van der Waals surface area contributed by atoms with Gasteiger partial charge in [-0.15, -0.1) is 0 Å². The van der Waals surface area contributed by atoms with Crippen LogP contribution in [-0.4, -0.2) is 28.8 Å². The Morgan fingerprint density at radius 1 is 1.38 bits per heavy atom. The van der Waals surface area contributed by atoms with Gasteiger partial charge in [0.25, 0.3) is 0 Å². The molecule has 0 saturated carbocycles. The van der Waals surface area contributed by atoms with Gasteiger partial charge in [-0.2, -0.15) is 0 Å². The van der Waals surface area contributed by atoms with Gasteiger partial charge in [-0.25, -0.2) is 14.8 Å². The average Bonchev–Trinajstić information content (AvgIpc) is 2.53. The lowest BCUT2D eigenvalue weighted by atomic mass is 10.2. The lowest BCUT2D eigenvalue weighted by Gasteiger charge is -2.04. The number of ether oxygens (including phenoxy) is 1. The molecule has 0 fully saturated rings. The minimum Gasteiger partial charge on any atom is -0.457 e. The molecule has 0 spiro atoms. The number of esters is 1. The Labute approximate surface area is 132 Å². The number of benzene rings is 1. The highest BCUT2D eigenvalue weighted by Crippen LogP contribution is 2.17. The first kappa shape index (κ1) is 15.5. The van der Waals surface area contributed by atoms with Gasteiger partial charge in [-0.05, 0) is 17.9 Å². The molecule has 0 aliphatic carbocycles. The van der Waals surface area contributed by atoms with Crippen molar-refractivity contribution in [3.05, 3.63) is 58.9 Å². The Hall–Kier alpha value is -1.85. The molecule has 6 heteroatoms. The van der Waals surface area contributed by atoms with Crippen LogP contribution in [0.3, 0.4) is 0 Å². The first-order valence-corrected chi connectivity index (χ1v) is 7.76. The Morgan fingerprint density at radius 2 is 2.14 bits per heavy atom. The van der Waals surface area contributed by atoms with Crippen LogP contribution in [0, 0.1) is 0 Å².